The Morgan fingerprint density at radius 3 is 2.81 bits per heavy atom. The van der Waals surface area contributed by atoms with E-state index in [9.17, 15) is 4.79 Å². The molecule has 1 aromatic carbocycles. The Balaban J connectivity index is 2.35. The molecule has 0 aliphatic rings. The van der Waals surface area contributed by atoms with Crippen LogP contribution in [0, 0.1) is 5.41 Å². The van der Waals surface area contributed by atoms with Gasteiger partial charge in [0.15, 0.2) is 0 Å². The molecule has 16 heavy (non-hydrogen) atoms. The molecule has 0 spiro atoms. The summed E-state index contributed by atoms with van der Waals surface area (Å²) in [7, 11) is 0. The van der Waals surface area contributed by atoms with Crippen LogP contribution in [-0.4, -0.2) is 16.2 Å². The Kier molecular flexibility index (Phi) is 2.42. The number of nitrogens with one attached hydrogen (secondary N) is 1. The van der Waals surface area contributed by atoms with E-state index in [1.54, 1.807) is 12.3 Å². The van der Waals surface area contributed by atoms with Crippen LogP contribution in [0.2, 0.25) is 0 Å². The van der Waals surface area contributed by atoms with Crippen LogP contribution in [0.15, 0.2) is 24.4 Å². The SMILES string of the molecule is CC(C)(C)C(=O)Oc1cccc2[nH]ncc12. The maximum Gasteiger partial charge on any atom is 0.316 e. The number of benzene rings is 1. The van der Waals surface area contributed by atoms with Crippen molar-refractivity contribution in [2.75, 3.05) is 0 Å². The van der Waals surface area contributed by atoms with E-state index < -0.39 is 5.41 Å². The summed E-state index contributed by atoms with van der Waals surface area (Å²) in [6.07, 6.45) is 1.65. The third kappa shape index (κ3) is 1.91. The van der Waals surface area contributed by atoms with Gasteiger partial charge in [-0.25, -0.2) is 0 Å². The van der Waals surface area contributed by atoms with Gasteiger partial charge in [0.2, 0.25) is 0 Å². The molecule has 0 atom stereocenters. The molecular weight excluding hydrogens is 204 g/mol. The number of hydrogen-bond donors (Lipinski definition) is 1. The minimum Gasteiger partial charge on any atom is -0.425 e. The van der Waals surface area contributed by atoms with Crippen LogP contribution in [0.25, 0.3) is 10.9 Å². The predicted octanol–water partition coefficient (Wildman–Crippen LogP) is 2.51. The van der Waals surface area contributed by atoms with Crippen LogP contribution in [0.1, 0.15) is 20.8 Å². The van der Waals surface area contributed by atoms with E-state index in [4.69, 9.17) is 4.74 Å². The molecule has 0 radical (unpaired) electrons. The van der Waals surface area contributed by atoms with Crippen LogP contribution in [0.5, 0.6) is 5.75 Å². The second-order valence-corrected chi connectivity index (χ2v) is 4.73. The third-order valence-electron chi connectivity index (χ3n) is 2.26. The van der Waals surface area contributed by atoms with Gasteiger partial charge in [-0.3, -0.25) is 9.89 Å². The number of hydrogen-bond acceptors (Lipinski definition) is 3. The minimum absolute atomic E-state index is 0.249. The highest BCUT2D eigenvalue weighted by Gasteiger charge is 2.24. The van der Waals surface area contributed by atoms with Gasteiger partial charge in [0, 0.05) is 0 Å². The monoisotopic (exact) mass is 218 g/mol. The average Bonchev–Trinajstić information content (AvgIpc) is 2.65. The zero-order valence-corrected chi connectivity index (χ0v) is 9.57. The van der Waals surface area contributed by atoms with Crippen LogP contribution < -0.4 is 4.74 Å². The summed E-state index contributed by atoms with van der Waals surface area (Å²) in [5, 5.41) is 7.57. The number of fused-ring (bicyclic) bond motifs is 1. The van der Waals surface area contributed by atoms with Gasteiger partial charge >= 0.3 is 5.97 Å². The summed E-state index contributed by atoms with van der Waals surface area (Å²) in [4.78, 5) is 11.7. The van der Waals surface area contributed by atoms with E-state index in [1.165, 1.54) is 0 Å². The van der Waals surface area contributed by atoms with Gasteiger partial charge in [-0.05, 0) is 32.9 Å². The zero-order chi connectivity index (χ0) is 11.8. The quantitative estimate of drug-likeness (QED) is 0.591. The standard InChI is InChI=1S/C12H14N2O2/c1-12(2,3)11(15)16-10-6-4-5-9-8(10)7-13-14-9/h4-7H,1-3H3,(H,13,14). The molecular formula is C12H14N2O2. The largest absolute Gasteiger partial charge is 0.425 e. The van der Waals surface area contributed by atoms with Crippen LogP contribution in [0.3, 0.4) is 0 Å². The Morgan fingerprint density at radius 2 is 2.12 bits per heavy atom. The second-order valence-electron chi connectivity index (χ2n) is 4.73. The van der Waals surface area contributed by atoms with Crippen molar-refractivity contribution in [2.45, 2.75) is 20.8 Å². The molecule has 0 unspecified atom stereocenters. The number of aromatic nitrogens is 2. The Labute approximate surface area is 93.6 Å². The van der Waals surface area contributed by atoms with Crippen molar-refractivity contribution in [1.29, 1.82) is 0 Å². The molecule has 0 fully saturated rings. The lowest BCUT2D eigenvalue weighted by Crippen LogP contribution is -2.25. The van der Waals surface area contributed by atoms with E-state index in [0.717, 1.165) is 10.9 Å². The first-order valence-electron chi connectivity index (χ1n) is 5.13. The van der Waals surface area contributed by atoms with E-state index in [-0.39, 0.29) is 5.97 Å². The minimum atomic E-state index is -0.508. The number of carbonyl (C=O) groups is 1. The summed E-state index contributed by atoms with van der Waals surface area (Å²) in [6, 6.07) is 5.48. The van der Waals surface area contributed by atoms with Crippen molar-refractivity contribution in [3.05, 3.63) is 24.4 Å². The topological polar surface area (TPSA) is 55.0 Å². The maximum atomic E-state index is 11.7. The first kappa shape index (κ1) is 10.7. The summed E-state index contributed by atoms with van der Waals surface area (Å²) in [5.41, 5.74) is 0.352. The highest BCUT2D eigenvalue weighted by molar-refractivity contribution is 5.88. The summed E-state index contributed by atoms with van der Waals surface area (Å²) >= 11 is 0. The lowest BCUT2D eigenvalue weighted by atomic mass is 9.97. The van der Waals surface area contributed by atoms with Crippen molar-refractivity contribution >= 4 is 16.9 Å². The number of H-pyrrole nitrogens is 1. The van der Waals surface area contributed by atoms with E-state index in [2.05, 4.69) is 10.2 Å². The first-order valence-corrected chi connectivity index (χ1v) is 5.13. The van der Waals surface area contributed by atoms with Crippen LogP contribution >= 0.6 is 0 Å². The van der Waals surface area contributed by atoms with Gasteiger partial charge in [0.05, 0.1) is 22.5 Å². The molecule has 0 saturated carbocycles. The molecule has 0 bridgehead atoms. The smallest absolute Gasteiger partial charge is 0.316 e. The van der Waals surface area contributed by atoms with Crippen LogP contribution in [-0.2, 0) is 4.79 Å². The van der Waals surface area contributed by atoms with Crippen molar-refractivity contribution in [1.82, 2.24) is 10.2 Å². The normalized spacial score (nSPS) is 11.7. The van der Waals surface area contributed by atoms with Gasteiger partial charge in [-0.15, -0.1) is 0 Å². The summed E-state index contributed by atoms with van der Waals surface area (Å²) < 4.78 is 5.35. The average molecular weight is 218 g/mol. The van der Waals surface area contributed by atoms with Crippen molar-refractivity contribution in [3.63, 3.8) is 0 Å². The van der Waals surface area contributed by atoms with E-state index in [1.807, 2.05) is 32.9 Å². The molecule has 0 aliphatic heterocycles. The number of nitrogens with zero attached hydrogens (tertiary/aromatic N) is 1. The maximum absolute atomic E-state index is 11.7. The predicted molar refractivity (Wildman–Crippen MR) is 61.2 cm³/mol. The van der Waals surface area contributed by atoms with Crippen molar-refractivity contribution in [2.24, 2.45) is 5.41 Å². The number of rotatable bonds is 1. The van der Waals surface area contributed by atoms with Gasteiger partial charge in [-0.2, -0.15) is 5.10 Å². The lowest BCUT2D eigenvalue weighted by molar-refractivity contribution is -0.142. The molecule has 1 aromatic heterocycles. The molecule has 4 heteroatoms. The fourth-order valence-corrected chi connectivity index (χ4v) is 1.28. The molecule has 2 aromatic rings. The van der Waals surface area contributed by atoms with Crippen molar-refractivity contribution in [3.8, 4) is 5.75 Å². The number of esters is 1. The van der Waals surface area contributed by atoms with Crippen molar-refractivity contribution < 1.29 is 9.53 Å². The van der Waals surface area contributed by atoms with Gasteiger partial charge in [-0.1, -0.05) is 6.07 Å². The zero-order valence-electron chi connectivity index (χ0n) is 9.57. The lowest BCUT2D eigenvalue weighted by Gasteiger charge is -2.16. The summed E-state index contributed by atoms with van der Waals surface area (Å²) in [5.74, 6) is 0.298. The van der Waals surface area contributed by atoms with Gasteiger partial charge in [0.1, 0.15) is 5.75 Å². The number of carbonyl (C=O) groups excluding carboxylic acids is 1. The van der Waals surface area contributed by atoms with Gasteiger partial charge < -0.3 is 4.74 Å². The molecule has 2 rings (SSSR count). The van der Waals surface area contributed by atoms with E-state index >= 15 is 0 Å². The molecule has 1 heterocycles. The third-order valence-corrected chi connectivity index (χ3v) is 2.26. The molecule has 0 aliphatic carbocycles. The molecule has 0 amide bonds. The second kappa shape index (κ2) is 3.63. The molecule has 1 N–H and O–H groups in total. The van der Waals surface area contributed by atoms with Crippen LogP contribution in [0.4, 0.5) is 0 Å². The highest BCUT2D eigenvalue weighted by atomic mass is 16.5. The summed E-state index contributed by atoms with van der Waals surface area (Å²) in [6.45, 7) is 5.47. The fraction of sp³-hybridized carbons (Fsp3) is 0.333. The molecule has 84 valence electrons. The number of aromatic amines is 1. The van der Waals surface area contributed by atoms with E-state index in [0.29, 0.717) is 5.75 Å². The fourth-order valence-electron chi connectivity index (χ4n) is 1.28. The van der Waals surface area contributed by atoms with Gasteiger partial charge in [0.25, 0.3) is 0 Å². The Hall–Kier alpha value is -1.84. The molecule has 4 nitrogen and oxygen atoms in total. The number of ether oxygens (including phenoxy) is 1. The first-order chi connectivity index (χ1) is 7.48. The Morgan fingerprint density at radius 1 is 1.38 bits per heavy atom. The Bertz CT molecular complexity index is 523. The molecule has 0 saturated heterocycles. The highest BCUT2D eigenvalue weighted by Crippen LogP contribution is 2.26.